The van der Waals surface area contributed by atoms with Crippen LogP contribution in [0.1, 0.15) is 31.8 Å². The molecule has 0 radical (unpaired) electrons. The summed E-state index contributed by atoms with van der Waals surface area (Å²) in [6.45, 7) is 4.04. The van der Waals surface area contributed by atoms with E-state index in [2.05, 4.69) is 22.5 Å². The predicted molar refractivity (Wildman–Crippen MR) is 124 cm³/mol. The summed E-state index contributed by atoms with van der Waals surface area (Å²) in [6.07, 6.45) is 0.159. The monoisotopic (exact) mass is 444 g/mol. The van der Waals surface area contributed by atoms with E-state index in [0.29, 0.717) is 29.8 Å². The maximum Gasteiger partial charge on any atom is 0.261 e. The molecule has 0 saturated carbocycles. The van der Waals surface area contributed by atoms with E-state index in [4.69, 9.17) is 0 Å². The van der Waals surface area contributed by atoms with Crippen molar-refractivity contribution in [1.29, 1.82) is 0 Å². The van der Waals surface area contributed by atoms with Crippen LogP contribution in [-0.2, 0) is 13.0 Å². The van der Waals surface area contributed by atoms with Crippen LogP contribution in [0.5, 0.6) is 0 Å². The number of rotatable bonds is 7. The number of nitrogens with zero attached hydrogens (tertiary/aromatic N) is 3. The van der Waals surface area contributed by atoms with Gasteiger partial charge in [-0.2, -0.15) is 0 Å². The van der Waals surface area contributed by atoms with E-state index in [1.807, 2.05) is 23.2 Å². The molecule has 0 spiro atoms. The summed E-state index contributed by atoms with van der Waals surface area (Å²) in [5.74, 6) is -0.725. The zero-order chi connectivity index (χ0) is 22.9. The summed E-state index contributed by atoms with van der Waals surface area (Å²) >= 11 is 0. The Morgan fingerprint density at radius 3 is 1.97 bits per heavy atom. The fourth-order valence-electron chi connectivity index (χ4n) is 4.48. The number of hydrazine groups is 1. The van der Waals surface area contributed by atoms with Crippen LogP contribution in [0.2, 0.25) is 0 Å². The molecular formula is C25H24N4O4. The predicted octanol–water partition coefficient (Wildman–Crippen LogP) is 1.27. The number of carbonyl (C=O) groups excluding carboxylic acids is 2. The average Bonchev–Trinajstić information content (AvgIpc) is 3.09. The second-order valence-electron chi connectivity index (χ2n) is 8.43. The zero-order valence-electron chi connectivity index (χ0n) is 18.1. The molecule has 3 aromatic rings. The number of fused-ring (bicyclic) bond motifs is 1. The standard InChI is InChI=1S/C25H24N4O4/c30-22-20(10-11-29-24(32)18-8-4-5-9-19(18)25(29)33)21(23(22)31)26-28-14-12-27(13-15-28)16-17-6-2-1-3-7-17/h1-9,26H,10-16H2. The SMILES string of the molecule is O=C1c2ccccc2C(=O)N1CCc1c(NN2CCN(Cc3ccccc3)CC2)c(=O)c1=O. The van der Waals surface area contributed by atoms with Gasteiger partial charge in [-0.15, -0.1) is 0 Å². The van der Waals surface area contributed by atoms with Crippen molar-refractivity contribution in [2.24, 2.45) is 0 Å². The van der Waals surface area contributed by atoms with Crippen LogP contribution < -0.4 is 16.3 Å². The van der Waals surface area contributed by atoms with Gasteiger partial charge < -0.3 is 5.43 Å². The average molecular weight is 444 g/mol. The molecule has 0 unspecified atom stereocenters. The van der Waals surface area contributed by atoms with E-state index in [0.717, 1.165) is 24.5 Å². The highest BCUT2D eigenvalue weighted by molar-refractivity contribution is 6.21. The van der Waals surface area contributed by atoms with Gasteiger partial charge in [-0.1, -0.05) is 42.5 Å². The molecule has 0 bridgehead atoms. The maximum atomic E-state index is 12.5. The number of benzene rings is 2. The third kappa shape index (κ3) is 3.99. The molecule has 2 aliphatic heterocycles. The van der Waals surface area contributed by atoms with E-state index in [9.17, 15) is 19.2 Å². The lowest BCUT2D eigenvalue weighted by Crippen LogP contribution is -2.51. The van der Waals surface area contributed by atoms with Gasteiger partial charge in [-0.25, -0.2) is 5.01 Å². The Labute approximate surface area is 190 Å². The largest absolute Gasteiger partial charge is 0.315 e. The van der Waals surface area contributed by atoms with Crippen molar-refractivity contribution in [3.05, 3.63) is 97.3 Å². The number of nitrogens with one attached hydrogen (secondary N) is 1. The molecular weight excluding hydrogens is 420 g/mol. The molecule has 1 fully saturated rings. The minimum atomic E-state index is -0.545. The number of hydrogen-bond donors (Lipinski definition) is 1. The molecule has 8 nitrogen and oxygen atoms in total. The fourth-order valence-corrected chi connectivity index (χ4v) is 4.48. The lowest BCUT2D eigenvalue weighted by atomic mass is 10.0. The Bertz CT molecular complexity index is 1240. The van der Waals surface area contributed by atoms with Gasteiger partial charge >= 0.3 is 0 Å². The topological polar surface area (TPSA) is 90.0 Å². The summed E-state index contributed by atoms with van der Waals surface area (Å²) in [5.41, 5.74) is 4.67. The quantitative estimate of drug-likeness (QED) is 0.434. The molecule has 0 aliphatic carbocycles. The van der Waals surface area contributed by atoms with Crippen molar-refractivity contribution in [2.75, 3.05) is 38.1 Å². The number of anilines is 1. The first-order chi connectivity index (χ1) is 16.0. The van der Waals surface area contributed by atoms with Gasteiger partial charge in [-0.3, -0.25) is 29.0 Å². The van der Waals surface area contributed by atoms with E-state index < -0.39 is 10.9 Å². The van der Waals surface area contributed by atoms with Crippen LogP contribution in [0.15, 0.2) is 64.2 Å². The fraction of sp³-hybridized carbons (Fsp3) is 0.280. The van der Waals surface area contributed by atoms with Crippen LogP contribution in [0.25, 0.3) is 0 Å². The molecule has 5 rings (SSSR count). The summed E-state index contributed by atoms with van der Waals surface area (Å²) in [6, 6.07) is 16.9. The van der Waals surface area contributed by atoms with Crippen LogP contribution in [0.4, 0.5) is 5.69 Å². The minimum Gasteiger partial charge on any atom is -0.315 e. The molecule has 8 heteroatoms. The first kappa shape index (κ1) is 21.2. The Balaban J connectivity index is 1.18. The number of hydrogen-bond acceptors (Lipinski definition) is 7. The van der Waals surface area contributed by atoms with Gasteiger partial charge in [0.1, 0.15) is 5.69 Å². The van der Waals surface area contributed by atoms with Gasteiger partial charge in [0.25, 0.3) is 17.2 Å². The third-order valence-electron chi connectivity index (χ3n) is 6.36. The van der Waals surface area contributed by atoms with Crippen molar-refractivity contribution in [2.45, 2.75) is 13.0 Å². The molecule has 1 N–H and O–H groups in total. The second-order valence-corrected chi connectivity index (χ2v) is 8.43. The first-order valence-corrected chi connectivity index (χ1v) is 11.1. The van der Waals surface area contributed by atoms with Crippen molar-refractivity contribution in [3.63, 3.8) is 0 Å². The second kappa shape index (κ2) is 8.73. The van der Waals surface area contributed by atoms with Crippen molar-refractivity contribution in [1.82, 2.24) is 14.8 Å². The van der Waals surface area contributed by atoms with Crippen LogP contribution in [-0.4, -0.2) is 59.3 Å². The maximum absolute atomic E-state index is 12.5. The molecule has 3 aromatic carbocycles. The zero-order valence-corrected chi connectivity index (χ0v) is 18.1. The summed E-state index contributed by atoms with van der Waals surface area (Å²) < 4.78 is 0. The van der Waals surface area contributed by atoms with E-state index in [1.54, 1.807) is 24.3 Å². The Morgan fingerprint density at radius 2 is 1.33 bits per heavy atom. The van der Waals surface area contributed by atoms with Crippen molar-refractivity contribution < 1.29 is 9.59 Å². The van der Waals surface area contributed by atoms with Crippen LogP contribution in [0, 0.1) is 0 Å². The molecule has 2 heterocycles. The Morgan fingerprint density at radius 1 is 0.727 bits per heavy atom. The van der Waals surface area contributed by atoms with Gasteiger partial charge in [0.15, 0.2) is 0 Å². The molecule has 0 atom stereocenters. The smallest absolute Gasteiger partial charge is 0.261 e. The summed E-state index contributed by atoms with van der Waals surface area (Å²) in [5, 5.41) is 1.95. The van der Waals surface area contributed by atoms with Gasteiger partial charge in [0, 0.05) is 44.8 Å². The van der Waals surface area contributed by atoms with E-state index in [1.165, 1.54) is 5.56 Å². The minimum absolute atomic E-state index is 0.0662. The van der Waals surface area contributed by atoms with Crippen LogP contribution in [0.3, 0.4) is 0 Å². The highest BCUT2D eigenvalue weighted by Gasteiger charge is 2.35. The molecule has 168 valence electrons. The lowest BCUT2D eigenvalue weighted by Gasteiger charge is -2.35. The molecule has 2 amide bonds. The highest BCUT2D eigenvalue weighted by atomic mass is 16.2. The number of amides is 2. The Hall–Kier alpha value is -3.62. The highest BCUT2D eigenvalue weighted by Crippen LogP contribution is 2.23. The van der Waals surface area contributed by atoms with Gasteiger partial charge in [-0.05, 0) is 24.1 Å². The number of imide groups is 1. The van der Waals surface area contributed by atoms with E-state index >= 15 is 0 Å². The first-order valence-electron chi connectivity index (χ1n) is 11.1. The van der Waals surface area contributed by atoms with E-state index in [-0.39, 0.29) is 30.5 Å². The number of carbonyl (C=O) groups is 2. The Kier molecular flexibility index (Phi) is 5.62. The van der Waals surface area contributed by atoms with Crippen molar-refractivity contribution in [3.8, 4) is 0 Å². The lowest BCUT2D eigenvalue weighted by molar-refractivity contribution is 0.0656. The molecule has 33 heavy (non-hydrogen) atoms. The third-order valence-corrected chi connectivity index (χ3v) is 6.36. The van der Waals surface area contributed by atoms with Gasteiger partial charge in [0.05, 0.1) is 11.1 Å². The van der Waals surface area contributed by atoms with Gasteiger partial charge in [0.2, 0.25) is 5.43 Å². The molecule has 0 aromatic heterocycles. The number of piperazine rings is 1. The summed E-state index contributed by atoms with van der Waals surface area (Å²) in [4.78, 5) is 53.0. The summed E-state index contributed by atoms with van der Waals surface area (Å²) in [7, 11) is 0. The van der Waals surface area contributed by atoms with Crippen molar-refractivity contribution >= 4 is 17.5 Å². The van der Waals surface area contributed by atoms with Crippen LogP contribution >= 0.6 is 0 Å². The molecule has 1 saturated heterocycles. The normalized spacial score (nSPS) is 17.0. The molecule has 2 aliphatic rings.